The largest absolute Gasteiger partial charge is 0.495 e. The molecule has 82 heavy (non-hydrogen) atoms. The maximum absolute atomic E-state index is 14.4. The minimum absolute atomic E-state index is 0.0148. The Balaban J connectivity index is 0.898. The van der Waals surface area contributed by atoms with Crippen molar-refractivity contribution in [2.45, 2.75) is 101 Å². The number of ether oxygens (including phenoxy) is 5. The van der Waals surface area contributed by atoms with E-state index in [1.54, 1.807) is 69.4 Å². The molecule has 8 atom stereocenters. The second-order valence-electron chi connectivity index (χ2n) is 21.1. The predicted octanol–water partition coefficient (Wildman–Crippen LogP) is 9.00. The molecule has 3 aliphatic rings. The van der Waals surface area contributed by atoms with E-state index in [1.807, 2.05) is 104 Å². The van der Waals surface area contributed by atoms with Gasteiger partial charge in [0, 0.05) is 57.0 Å². The number of allylic oxidation sites excluding steroid dienone is 3. The van der Waals surface area contributed by atoms with Gasteiger partial charge in [-0.25, -0.2) is 9.59 Å². The van der Waals surface area contributed by atoms with Crippen LogP contribution in [-0.2, 0) is 50.1 Å². The lowest BCUT2D eigenvalue weighted by molar-refractivity contribution is -0.162. The Labute approximate surface area is 487 Å². The highest BCUT2D eigenvalue weighted by Gasteiger charge is 2.64. The Hall–Kier alpha value is -7.48. The van der Waals surface area contributed by atoms with Gasteiger partial charge in [-0.3, -0.25) is 24.5 Å². The number of alkyl carbamates (subject to hydrolysis) is 1. The summed E-state index contributed by atoms with van der Waals surface area (Å²) in [7, 11) is 5.92. The van der Waals surface area contributed by atoms with Crippen molar-refractivity contribution in [1.82, 2.24) is 15.5 Å². The first kappa shape index (κ1) is 60.6. The van der Waals surface area contributed by atoms with Gasteiger partial charge in [0.2, 0.25) is 17.7 Å². The molecule has 2 saturated heterocycles. The van der Waals surface area contributed by atoms with Gasteiger partial charge in [-0.15, -0.1) is 0 Å². The molecule has 0 radical (unpaired) electrons. The summed E-state index contributed by atoms with van der Waals surface area (Å²) in [5, 5.41) is 20.8. The van der Waals surface area contributed by atoms with Gasteiger partial charge in [-0.2, -0.15) is 11.8 Å². The van der Waals surface area contributed by atoms with E-state index in [1.165, 1.54) is 49.8 Å². The zero-order valence-electron chi connectivity index (χ0n) is 47.2. The molecule has 17 nitrogen and oxygen atoms in total. The third-order valence-corrected chi connectivity index (χ3v) is 16.9. The van der Waals surface area contributed by atoms with Crippen molar-refractivity contribution in [3.8, 4) is 5.75 Å². The summed E-state index contributed by atoms with van der Waals surface area (Å²) in [6.07, 6.45) is 0.443. The number of anilines is 2. The van der Waals surface area contributed by atoms with Gasteiger partial charge >= 0.3 is 12.1 Å². The number of carbonyl (C=O) groups is 6. The first-order chi connectivity index (χ1) is 39.2. The highest BCUT2D eigenvalue weighted by atomic mass is 35.5. The fraction of sp³-hybridized carbons (Fsp3) is 0.365. The van der Waals surface area contributed by atoms with Crippen LogP contribution in [0.15, 0.2) is 151 Å². The summed E-state index contributed by atoms with van der Waals surface area (Å²) >= 11 is 8.07. The van der Waals surface area contributed by atoms with Gasteiger partial charge in [0.05, 0.1) is 31.1 Å². The lowest BCUT2D eigenvalue weighted by Gasteiger charge is -2.42. The van der Waals surface area contributed by atoms with Crippen molar-refractivity contribution in [2.75, 3.05) is 50.0 Å². The lowest BCUT2D eigenvalue weighted by Crippen LogP contribution is -2.63. The van der Waals surface area contributed by atoms with Gasteiger partial charge in [0.15, 0.2) is 5.72 Å². The number of esters is 1. The molecule has 4 bridgehead atoms. The molecular weight excluding hydrogens is 1090 g/mol. The molecule has 2 fully saturated rings. The zero-order chi connectivity index (χ0) is 58.9. The number of likely N-dealkylation sites (N-methyl/N-ethyl adjacent to an activating group) is 1. The van der Waals surface area contributed by atoms with Gasteiger partial charge in [-0.1, -0.05) is 133 Å². The number of halogens is 1. The van der Waals surface area contributed by atoms with Crippen LogP contribution in [0.3, 0.4) is 0 Å². The number of epoxide rings is 1. The van der Waals surface area contributed by atoms with E-state index in [4.69, 9.17) is 35.3 Å². The molecule has 0 aliphatic carbocycles. The Kier molecular flexibility index (Phi) is 19.4. The number of thioether (sulfide) groups is 1. The number of benzene rings is 5. The quantitative estimate of drug-likeness (QED) is 0.0315. The first-order valence-electron chi connectivity index (χ1n) is 27.0. The number of nitrogens with zero attached hydrogens (tertiary/aromatic N) is 2. The number of fused-ring (bicyclic) bond motifs is 5. The van der Waals surface area contributed by atoms with Crippen LogP contribution in [0.25, 0.3) is 0 Å². The summed E-state index contributed by atoms with van der Waals surface area (Å²) in [6, 6.07) is 38.4. The second-order valence-corrected chi connectivity index (χ2v) is 22.6. The Bertz CT molecular complexity index is 3090. The van der Waals surface area contributed by atoms with Crippen LogP contribution >= 0.6 is 23.4 Å². The third kappa shape index (κ3) is 13.5. The molecule has 3 aliphatic heterocycles. The number of hydrogen-bond acceptors (Lipinski definition) is 13. The molecule has 8 rings (SSSR count). The molecule has 432 valence electrons. The van der Waals surface area contributed by atoms with E-state index in [9.17, 15) is 33.9 Å². The maximum Gasteiger partial charge on any atom is 0.409 e. The lowest BCUT2D eigenvalue weighted by atomic mass is 9.77. The van der Waals surface area contributed by atoms with Gasteiger partial charge in [-0.05, 0) is 85.8 Å². The Morgan fingerprint density at radius 1 is 0.939 bits per heavy atom. The van der Waals surface area contributed by atoms with Crippen LogP contribution in [0.1, 0.15) is 79.6 Å². The highest BCUT2D eigenvalue weighted by molar-refractivity contribution is 7.99. The molecule has 5 aromatic carbocycles. The summed E-state index contributed by atoms with van der Waals surface area (Å²) in [6.45, 7) is 6.90. The zero-order valence-corrected chi connectivity index (χ0v) is 48.8. The Morgan fingerprint density at radius 2 is 1.55 bits per heavy atom. The number of amides is 5. The van der Waals surface area contributed by atoms with E-state index < -0.39 is 77.1 Å². The van der Waals surface area contributed by atoms with E-state index in [2.05, 4.69) is 16.0 Å². The molecule has 0 saturated carbocycles. The smallest absolute Gasteiger partial charge is 0.409 e. The van der Waals surface area contributed by atoms with Crippen molar-refractivity contribution in [1.29, 1.82) is 0 Å². The molecule has 0 unspecified atom stereocenters. The van der Waals surface area contributed by atoms with E-state index in [0.717, 1.165) is 27.8 Å². The number of nitrogens with one attached hydrogen (secondary N) is 3. The fourth-order valence-corrected chi connectivity index (χ4v) is 11.7. The van der Waals surface area contributed by atoms with Crippen molar-refractivity contribution in [3.05, 3.63) is 184 Å². The number of rotatable bonds is 16. The van der Waals surface area contributed by atoms with Gasteiger partial charge < -0.3 is 49.2 Å². The van der Waals surface area contributed by atoms with E-state index >= 15 is 0 Å². The highest BCUT2D eigenvalue weighted by Crippen LogP contribution is 2.49. The molecule has 4 N–H and O–H groups in total. The van der Waals surface area contributed by atoms with Gasteiger partial charge in [0.25, 0.3) is 5.91 Å². The Morgan fingerprint density at radius 3 is 2.13 bits per heavy atom. The summed E-state index contributed by atoms with van der Waals surface area (Å²) in [5.41, 5.74) is 1.35. The summed E-state index contributed by atoms with van der Waals surface area (Å²) < 4.78 is 29.5. The fourth-order valence-electron chi connectivity index (χ4n) is 10.6. The second kappa shape index (κ2) is 26.2. The van der Waals surface area contributed by atoms with Crippen molar-refractivity contribution < 1.29 is 57.6 Å². The van der Waals surface area contributed by atoms with Crippen molar-refractivity contribution in [2.24, 2.45) is 5.92 Å². The third-order valence-electron chi connectivity index (χ3n) is 15.6. The standard InChI is InChI=1S/C63H70ClN5O12S/c1-39-19-18-26-51(78-8)62(76)37-50(79-60(75)67-62)40(2)57-61(4,81-57)52(36-55(72)69(6)48-34-42(33-39)35-49(77-7)56(48)64)80-59(74)41(3)68(5)54(71)31-32-82-38-53(70)65-47-29-27-43(28-30-47)58(73)66-63(44-20-12-9-13-21-44,45-22-14-10-15-23-45)46-24-16-11-17-25-46/h9-30,34-35,40-41,50-52,57,76H,31-33,36-38H2,1-8H3,(H,65,70)(H,66,73)(H,67,75)/b26-18+,39-19+/t40-,41+,50+,51-,52+,57+,61+,62+/m1/s1. The van der Waals surface area contributed by atoms with Gasteiger partial charge in [0.1, 0.15) is 46.3 Å². The van der Waals surface area contributed by atoms with E-state index in [-0.39, 0.29) is 47.6 Å². The average Bonchev–Trinajstić information content (AvgIpc) is 3.63. The average molecular weight is 1160 g/mol. The van der Waals surface area contributed by atoms with E-state index in [0.29, 0.717) is 29.1 Å². The molecule has 19 heteroatoms. The minimum atomic E-state index is -1.88. The summed E-state index contributed by atoms with van der Waals surface area (Å²) in [5.74, 6) is -2.30. The molecule has 0 aromatic heterocycles. The predicted molar refractivity (Wildman–Crippen MR) is 315 cm³/mol. The molecule has 5 amide bonds. The maximum atomic E-state index is 14.4. The van der Waals surface area contributed by atoms with Crippen molar-refractivity contribution in [3.63, 3.8) is 0 Å². The van der Waals surface area contributed by atoms with Crippen LogP contribution in [0, 0.1) is 5.92 Å². The summed E-state index contributed by atoms with van der Waals surface area (Å²) in [4.78, 5) is 85.2. The monoisotopic (exact) mass is 1160 g/mol. The SMILES string of the molecule is COc1cc2cc(c1Cl)N(C)C(=O)C[C@H](OC(=O)[C@H](C)N(C)C(=O)CCSCC(=O)Nc1ccc(C(=O)NC(c3ccccc3)(c3ccccc3)c3ccccc3)cc1)[C@]1(C)O[C@H]1[C@H](C)[C@@H]1C[C@@](O)(NC(=O)O1)[C@H](OC)/C=C/C=C(\C)C2. The number of methoxy groups -OCH3 is 2. The first-order valence-corrected chi connectivity index (χ1v) is 28.6. The number of carbonyl (C=O) groups excluding carboxylic acids is 6. The molecular formula is C63H70ClN5O12S. The van der Waals surface area contributed by atoms with Crippen molar-refractivity contribution >= 4 is 70.4 Å². The minimum Gasteiger partial charge on any atom is -0.495 e. The molecule has 5 aromatic rings. The number of hydrogen-bond donors (Lipinski definition) is 4. The van der Waals surface area contributed by atoms with Crippen LogP contribution < -0.4 is 25.6 Å². The topological polar surface area (TPSA) is 215 Å². The normalized spacial score (nSPS) is 24.2. The van der Waals surface area contributed by atoms with Crippen LogP contribution in [0.5, 0.6) is 5.75 Å². The van der Waals surface area contributed by atoms with Crippen LogP contribution in [0.4, 0.5) is 16.2 Å². The van der Waals surface area contributed by atoms with Crippen LogP contribution in [0.2, 0.25) is 5.02 Å². The number of aliphatic hydroxyl groups is 1. The van der Waals surface area contributed by atoms with Crippen LogP contribution in [-0.4, -0.2) is 127 Å². The molecule has 3 heterocycles. The molecule has 0 spiro atoms.